The van der Waals surface area contributed by atoms with Gasteiger partial charge in [-0.3, -0.25) is 14.4 Å². The number of carbonyl (C=O) groups excluding carboxylic acids is 2. The first-order valence-corrected chi connectivity index (χ1v) is 12.3. The SMILES string of the molecule is C=CCN(Cn1nnc2ccccc21)C(=O)C1N([C@@H](CO)C(C)C)C(=O)[C@@H]2[C@@H](C(=O)O)[C@H]3CCC12O3. The van der Waals surface area contributed by atoms with Crippen LogP contribution < -0.4 is 0 Å². The number of amides is 2. The lowest BCUT2D eigenvalue weighted by Gasteiger charge is -2.40. The number of ether oxygens (including phenoxy) is 1. The summed E-state index contributed by atoms with van der Waals surface area (Å²) in [6.07, 6.45) is 1.83. The molecule has 1 aromatic carbocycles. The first-order chi connectivity index (χ1) is 17.2. The van der Waals surface area contributed by atoms with Crippen molar-refractivity contribution in [1.82, 2.24) is 24.8 Å². The molecule has 3 fully saturated rings. The highest BCUT2D eigenvalue weighted by Gasteiger charge is 2.75. The highest BCUT2D eigenvalue weighted by molar-refractivity contribution is 5.98. The van der Waals surface area contributed by atoms with Gasteiger partial charge in [0.2, 0.25) is 11.8 Å². The minimum atomic E-state index is -1.26. The van der Waals surface area contributed by atoms with E-state index in [1.165, 1.54) is 9.80 Å². The predicted octanol–water partition coefficient (Wildman–Crippen LogP) is 0.880. The van der Waals surface area contributed by atoms with Gasteiger partial charge < -0.3 is 24.7 Å². The number of likely N-dealkylation sites (tertiary alicyclic amines) is 1. The topological polar surface area (TPSA) is 138 Å². The van der Waals surface area contributed by atoms with Crippen molar-refractivity contribution < 1.29 is 29.3 Å². The average molecular weight is 498 g/mol. The Bertz CT molecular complexity index is 1210. The summed E-state index contributed by atoms with van der Waals surface area (Å²) in [6, 6.07) is 5.65. The quantitative estimate of drug-likeness (QED) is 0.487. The fourth-order valence-corrected chi connectivity index (χ4v) is 6.36. The van der Waals surface area contributed by atoms with Gasteiger partial charge in [-0.25, -0.2) is 4.68 Å². The summed E-state index contributed by atoms with van der Waals surface area (Å²) in [5, 5.41) is 28.5. The van der Waals surface area contributed by atoms with Crippen LogP contribution in [0.15, 0.2) is 36.9 Å². The lowest BCUT2D eigenvalue weighted by atomic mass is 9.70. The van der Waals surface area contributed by atoms with Crippen molar-refractivity contribution in [3.05, 3.63) is 36.9 Å². The maximum Gasteiger partial charge on any atom is 0.310 e. The van der Waals surface area contributed by atoms with Gasteiger partial charge in [0.15, 0.2) is 0 Å². The molecule has 3 aliphatic rings. The number of aromatic nitrogens is 3. The third-order valence-corrected chi connectivity index (χ3v) is 7.96. The Labute approximate surface area is 208 Å². The Morgan fingerprint density at radius 1 is 1.36 bits per heavy atom. The minimum absolute atomic E-state index is 0.0574. The summed E-state index contributed by atoms with van der Waals surface area (Å²) in [5.41, 5.74) is 0.171. The molecule has 5 rings (SSSR count). The molecule has 11 nitrogen and oxygen atoms in total. The van der Waals surface area contributed by atoms with E-state index in [9.17, 15) is 24.6 Å². The first-order valence-electron chi connectivity index (χ1n) is 12.3. The van der Waals surface area contributed by atoms with Gasteiger partial charge in [0.25, 0.3) is 0 Å². The van der Waals surface area contributed by atoms with Crippen LogP contribution in [0.4, 0.5) is 0 Å². The molecule has 2 amide bonds. The summed E-state index contributed by atoms with van der Waals surface area (Å²) in [7, 11) is 0. The molecule has 0 aliphatic carbocycles. The monoisotopic (exact) mass is 497 g/mol. The number of benzene rings is 1. The van der Waals surface area contributed by atoms with Crippen molar-refractivity contribution in [2.75, 3.05) is 13.2 Å². The van der Waals surface area contributed by atoms with Gasteiger partial charge in [-0.2, -0.15) is 0 Å². The average Bonchev–Trinajstić information content (AvgIpc) is 3.59. The number of carbonyl (C=O) groups is 3. The molecule has 0 saturated carbocycles. The van der Waals surface area contributed by atoms with Gasteiger partial charge in [0.1, 0.15) is 23.8 Å². The third kappa shape index (κ3) is 3.44. The number of aliphatic hydroxyl groups excluding tert-OH is 1. The zero-order valence-corrected chi connectivity index (χ0v) is 20.4. The molecule has 4 heterocycles. The van der Waals surface area contributed by atoms with E-state index in [0.29, 0.717) is 18.4 Å². The molecule has 3 saturated heterocycles. The lowest BCUT2D eigenvalue weighted by Crippen LogP contribution is -2.59. The van der Waals surface area contributed by atoms with E-state index in [1.807, 2.05) is 38.1 Å². The zero-order chi connectivity index (χ0) is 25.8. The number of hydrogen-bond donors (Lipinski definition) is 2. The Morgan fingerprint density at radius 2 is 2.11 bits per heavy atom. The molecule has 2 N–H and O–H groups in total. The van der Waals surface area contributed by atoms with Crippen LogP contribution in [0, 0.1) is 17.8 Å². The van der Waals surface area contributed by atoms with Crippen LogP contribution in [0.2, 0.25) is 0 Å². The molecular formula is C25H31N5O6. The van der Waals surface area contributed by atoms with Crippen molar-refractivity contribution in [2.24, 2.45) is 17.8 Å². The van der Waals surface area contributed by atoms with Crippen molar-refractivity contribution >= 4 is 28.8 Å². The molecule has 11 heteroatoms. The van der Waals surface area contributed by atoms with Crippen molar-refractivity contribution in [3.63, 3.8) is 0 Å². The number of para-hydroxylation sites is 1. The van der Waals surface area contributed by atoms with E-state index in [-0.39, 0.29) is 25.7 Å². The standard InChI is InChI=1S/C25H31N5O6/c1-4-11-28(13-29-16-8-6-5-7-15(16)26-27-29)23(33)21-25-10-9-18(36-25)19(24(34)35)20(25)22(32)30(21)17(12-31)14(2)3/h4-8,14,17-21,31H,1,9-13H2,2-3H3,(H,34,35)/t17-,18+,19-,20-,21?,25?/m0/s1. The van der Waals surface area contributed by atoms with Crippen LogP contribution >= 0.6 is 0 Å². The van der Waals surface area contributed by atoms with E-state index in [2.05, 4.69) is 16.9 Å². The molecule has 2 aromatic rings. The summed E-state index contributed by atoms with van der Waals surface area (Å²) in [4.78, 5) is 43.3. The van der Waals surface area contributed by atoms with Gasteiger partial charge in [0, 0.05) is 6.54 Å². The Kier molecular flexibility index (Phi) is 6.08. The Morgan fingerprint density at radius 3 is 2.78 bits per heavy atom. The normalized spacial score (nSPS) is 29.7. The van der Waals surface area contributed by atoms with Gasteiger partial charge in [-0.05, 0) is 30.9 Å². The second-order valence-electron chi connectivity index (χ2n) is 10.2. The molecule has 2 bridgehead atoms. The molecular weight excluding hydrogens is 466 g/mol. The molecule has 36 heavy (non-hydrogen) atoms. The van der Waals surface area contributed by atoms with Crippen molar-refractivity contribution in [2.45, 2.75) is 57.1 Å². The first kappa shape index (κ1) is 24.4. The number of carboxylic acids is 1. The molecule has 0 radical (unpaired) electrons. The Balaban J connectivity index is 1.57. The number of nitrogens with zero attached hydrogens (tertiary/aromatic N) is 5. The number of aliphatic carboxylic acids is 1. The second-order valence-corrected chi connectivity index (χ2v) is 10.2. The van der Waals surface area contributed by atoms with Crippen LogP contribution in [0.5, 0.6) is 0 Å². The fraction of sp³-hybridized carbons (Fsp3) is 0.560. The maximum atomic E-state index is 14.3. The summed E-state index contributed by atoms with van der Waals surface area (Å²) >= 11 is 0. The number of aliphatic hydroxyl groups is 1. The van der Waals surface area contributed by atoms with E-state index < -0.39 is 53.4 Å². The number of rotatable bonds is 9. The third-order valence-electron chi connectivity index (χ3n) is 7.96. The highest BCUT2D eigenvalue weighted by atomic mass is 16.5. The van der Waals surface area contributed by atoms with E-state index in [0.717, 1.165) is 5.52 Å². The van der Waals surface area contributed by atoms with E-state index in [1.54, 1.807) is 10.8 Å². The van der Waals surface area contributed by atoms with Gasteiger partial charge in [-0.1, -0.05) is 37.3 Å². The predicted molar refractivity (Wildman–Crippen MR) is 127 cm³/mol. The van der Waals surface area contributed by atoms with Crippen LogP contribution in [0.25, 0.3) is 11.0 Å². The zero-order valence-electron chi connectivity index (χ0n) is 20.4. The lowest BCUT2D eigenvalue weighted by molar-refractivity contribution is -0.155. The van der Waals surface area contributed by atoms with Crippen LogP contribution in [-0.2, 0) is 25.8 Å². The smallest absolute Gasteiger partial charge is 0.310 e. The summed E-state index contributed by atoms with van der Waals surface area (Å²) < 4.78 is 7.87. The molecule has 3 aliphatic heterocycles. The molecule has 1 spiro atoms. The van der Waals surface area contributed by atoms with Crippen LogP contribution in [0.1, 0.15) is 26.7 Å². The van der Waals surface area contributed by atoms with Crippen LogP contribution in [0.3, 0.4) is 0 Å². The van der Waals surface area contributed by atoms with Gasteiger partial charge >= 0.3 is 5.97 Å². The summed E-state index contributed by atoms with van der Waals surface area (Å²) in [6.45, 7) is 7.38. The maximum absolute atomic E-state index is 14.3. The number of hydrogen-bond acceptors (Lipinski definition) is 7. The molecule has 192 valence electrons. The van der Waals surface area contributed by atoms with Gasteiger partial charge in [0.05, 0.1) is 36.1 Å². The molecule has 2 unspecified atom stereocenters. The van der Waals surface area contributed by atoms with Crippen LogP contribution in [-0.4, -0.2) is 89.7 Å². The second kappa shape index (κ2) is 8.97. The number of fused-ring (bicyclic) bond motifs is 2. The fourth-order valence-electron chi connectivity index (χ4n) is 6.36. The van der Waals surface area contributed by atoms with E-state index in [4.69, 9.17) is 4.74 Å². The highest BCUT2D eigenvalue weighted by Crippen LogP contribution is 2.59. The van der Waals surface area contributed by atoms with Gasteiger partial charge in [-0.15, -0.1) is 11.7 Å². The minimum Gasteiger partial charge on any atom is -0.481 e. The largest absolute Gasteiger partial charge is 0.481 e. The summed E-state index contributed by atoms with van der Waals surface area (Å²) in [5.74, 6) is -4.11. The molecule has 6 atom stereocenters. The number of carboxylic acid groups (broad SMARTS) is 1. The van der Waals surface area contributed by atoms with Crippen molar-refractivity contribution in [1.29, 1.82) is 0 Å². The van der Waals surface area contributed by atoms with E-state index >= 15 is 0 Å². The van der Waals surface area contributed by atoms with Crippen molar-refractivity contribution in [3.8, 4) is 0 Å². The molecule has 1 aromatic heterocycles. The Hall–Kier alpha value is -3.31.